The van der Waals surface area contributed by atoms with Crippen molar-refractivity contribution in [3.05, 3.63) is 52.5 Å². The molecule has 0 unspecified atom stereocenters. The van der Waals surface area contributed by atoms with Gasteiger partial charge in [-0.05, 0) is 19.9 Å². The third-order valence-electron chi connectivity index (χ3n) is 2.86. The molecule has 0 spiro atoms. The topological polar surface area (TPSA) is 77.1 Å². The zero-order chi connectivity index (χ0) is 14.0. The highest BCUT2D eigenvalue weighted by molar-refractivity contribution is 5.86. The molecule has 6 heteroatoms. The fourth-order valence-corrected chi connectivity index (χ4v) is 1.88. The van der Waals surface area contributed by atoms with Gasteiger partial charge in [0.25, 0.3) is 0 Å². The average Bonchev–Trinajstić information content (AvgIpc) is 2.71. The highest BCUT2D eigenvalue weighted by atomic mass is 16.4. The second-order valence-electron chi connectivity index (χ2n) is 4.53. The quantitative estimate of drug-likeness (QED) is 0.901. The first-order valence-corrected chi connectivity index (χ1v) is 5.95. The molecule has 0 saturated carbocycles. The predicted molar refractivity (Wildman–Crippen MR) is 69.4 cm³/mol. The van der Waals surface area contributed by atoms with Gasteiger partial charge >= 0.3 is 11.7 Å². The Kier molecular flexibility index (Phi) is 3.50. The molecular weight excluding hydrogens is 246 g/mol. The van der Waals surface area contributed by atoms with Crippen molar-refractivity contribution in [3.63, 3.8) is 0 Å². The minimum Gasteiger partial charge on any atom is -0.477 e. The summed E-state index contributed by atoms with van der Waals surface area (Å²) in [6, 6.07) is 3.39. The number of pyridine rings is 1. The Balaban J connectivity index is 2.37. The Bertz CT molecular complexity index is 655. The summed E-state index contributed by atoms with van der Waals surface area (Å²) >= 11 is 0. The highest BCUT2D eigenvalue weighted by Crippen LogP contribution is 2.08. The van der Waals surface area contributed by atoms with Gasteiger partial charge in [-0.1, -0.05) is 6.07 Å². The van der Waals surface area contributed by atoms with Crippen LogP contribution in [0, 0.1) is 0 Å². The summed E-state index contributed by atoms with van der Waals surface area (Å²) in [5.74, 6) is -1.09. The van der Waals surface area contributed by atoms with Crippen LogP contribution in [0.2, 0.25) is 0 Å². The molecule has 2 rings (SSSR count). The fraction of sp³-hybridized carbons (Fsp3) is 0.308. The zero-order valence-electron chi connectivity index (χ0n) is 10.8. The van der Waals surface area contributed by atoms with Gasteiger partial charge in [0.2, 0.25) is 0 Å². The van der Waals surface area contributed by atoms with E-state index in [1.165, 1.54) is 10.8 Å². The van der Waals surface area contributed by atoms with Gasteiger partial charge in [0.1, 0.15) is 0 Å². The van der Waals surface area contributed by atoms with Crippen LogP contribution in [0.1, 0.15) is 35.9 Å². The Hall–Kier alpha value is -2.37. The zero-order valence-corrected chi connectivity index (χ0v) is 10.8. The number of carbonyl (C=O) groups is 1. The predicted octanol–water partition coefficient (Wildman–Crippen LogP) is 1.37. The van der Waals surface area contributed by atoms with Crippen molar-refractivity contribution >= 4 is 5.97 Å². The van der Waals surface area contributed by atoms with Crippen molar-refractivity contribution in [2.24, 2.45) is 0 Å². The van der Waals surface area contributed by atoms with Crippen molar-refractivity contribution in [1.82, 2.24) is 14.1 Å². The van der Waals surface area contributed by atoms with Crippen molar-refractivity contribution in [1.29, 1.82) is 0 Å². The lowest BCUT2D eigenvalue weighted by Crippen LogP contribution is -2.26. The van der Waals surface area contributed by atoms with Crippen LogP contribution in [0.4, 0.5) is 0 Å². The molecule has 0 bridgehead atoms. The van der Waals surface area contributed by atoms with Gasteiger partial charge in [-0.2, -0.15) is 0 Å². The van der Waals surface area contributed by atoms with Crippen LogP contribution in [0.3, 0.4) is 0 Å². The monoisotopic (exact) mass is 261 g/mol. The largest absolute Gasteiger partial charge is 0.477 e. The average molecular weight is 261 g/mol. The van der Waals surface area contributed by atoms with Crippen LogP contribution in [0.25, 0.3) is 0 Å². The molecule has 0 aliphatic rings. The normalized spacial score (nSPS) is 10.9. The van der Waals surface area contributed by atoms with E-state index in [9.17, 15) is 9.59 Å². The van der Waals surface area contributed by atoms with E-state index in [0.29, 0.717) is 5.56 Å². The maximum Gasteiger partial charge on any atom is 0.354 e. The molecule has 6 nitrogen and oxygen atoms in total. The van der Waals surface area contributed by atoms with Crippen LogP contribution in [-0.4, -0.2) is 25.2 Å². The first-order chi connectivity index (χ1) is 9.00. The second-order valence-corrected chi connectivity index (χ2v) is 4.53. The van der Waals surface area contributed by atoms with Crippen LogP contribution < -0.4 is 5.69 Å². The molecule has 0 amide bonds. The van der Waals surface area contributed by atoms with Gasteiger partial charge in [-0.3, -0.25) is 9.13 Å². The summed E-state index contributed by atoms with van der Waals surface area (Å²) in [6.45, 7) is 4.03. The summed E-state index contributed by atoms with van der Waals surface area (Å²) in [6.07, 6.45) is 4.78. The van der Waals surface area contributed by atoms with Gasteiger partial charge in [0.05, 0.1) is 6.54 Å². The molecule has 19 heavy (non-hydrogen) atoms. The minimum atomic E-state index is -1.09. The Morgan fingerprint density at radius 1 is 1.42 bits per heavy atom. The number of hydrogen-bond acceptors (Lipinski definition) is 3. The number of nitrogens with zero attached hydrogens (tertiary/aromatic N) is 3. The van der Waals surface area contributed by atoms with E-state index in [1.54, 1.807) is 29.1 Å². The third kappa shape index (κ3) is 2.57. The number of carboxylic acids is 1. The summed E-state index contributed by atoms with van der Waals surface area (Å²) in [7, 11) is 0. The lowest BCUT2D eigenvalue weighted by Gasteiger charge is -2.06. The highest BCUT2D eigenvalue weighted by Gasteiger charge is 2.13. The van der Waals surface area contributed by atoms with Crippen molar-refractivity contribution in [2.75, 3.05) is 0 Å². The Morgan fingerprint density at radius 3 is 2.74 bits per heavy atom. The number of aromatic carboxylic acids is 1. The molecule has 0 aromatic carbocycles. The number of hydrogen-bond donors (Lipinski definition) is 1. The van der Waals surface area contributed by atoms with Gasteiger partial charge in [0, 0.05) is 30.2 Å². The van der Waals surface area contributed by atoms with Crippen LogP contribution in [-0.2, 0) is 6.54 Å². The smallest absolute Gasteiger partial charge is 0.354 e. The van der Waals surface area contributed by atoms with E-state index in [-0.39, 0.29) is 24.0 Å². The van der Waals surface area contributed by atoms with E-state index in [4.69, 9.17) is 5.11 Å². The summed E-state index contributed by atoms with van der Waals surface area (Å²) in [4.78, 5) is 26.9. The van der Waals surface area contributed by atoms with Gasteiger partial charge in [-0.25, -0.2) is 14.6 Å². The lowest BCUT2D eigenvalue weighted by atomic mass is 10.2. The number of aromatic nitrogens is 3. The third-order valence-corrected chi connectivity index (χ3v) is 2.86. The van der Waals surface area contributed by atoms with E-state index < -0.39 is 5.97 Å². The first-order valence-electron chi connectivity index (χ1n) is 5.95. The maximum atomic E-state index is 12.1. The molecule has 0 aliphatic carbocycles. The lowest BCUT2D eigenvalue weighted by molar-refractivity contribution is 0.0689. The molecule has 1 N–H and O–H groups in total. The number of carboxylic acid groups (broad SMARTS) is 1. The maximum absolute atomic E-state index is 12.1. The second kappa shape index (κ2) is 5.09. The summed E-state index contributed by atoms with van der Waals surface area (Å²) < 4.78 is 3.07. The number of rotatable bonds is 4. The van der Waals surface area contributed by atoms with E-state index in [2.05, 4.69) is 4.98 Å². The van der Waals surface area contributed by atoms with E-state index in [0.717, 1.165) is 0 Å². The molecule has 100 valence electrons. The van der Waals surface area contributed by atoms with Crippen LogP contribution >= 0.6 is 0 Å². The van der Waals surface area contributed by atoms with E-state index in [1.807, 2.05) is 13.8 Å². The fourth-order valence-electron chi connectivity index (χ4n) is 1.88. The standard InChI is InChI=1S/C13H15N3O3/c1-9(2)16-7-6-15(13(16)19)8-10-4-3-5-14-11(10)12(17)18/h3-7,9H,8H2,1-2H3,(H,17,18). The molecule has 0 saturated heterocycles. The summed E-state index contributed by atoms with van der Waals surface area (Å²) in [5, 5.41) is 9.05. The Morgan fingerprint density at radius 2 is 2.16 bits per heavy atom. The van der Waals surface area contributed by atoms with E-state index >= 15 is 0 Å². The number of imidazole rings is 1. The van der Waals surface area contributed by atoms with Gasteiger partial charge in [0.15, 0.2) is 5.69 Å². The van der Waals surface area contributed by atoms with Crippen molar-refractivity contribution in [2.45, 2.75) is 26.4 Å². The molecule has 2 aromatic heterocycles. The molecule has 0 fully saturated rings. The minimum absolute atomic E-state index is 0.0216. The Labute approximate surface area is 109 Å². The summed E-state index contributed by atoms with van der Waals surface area (Å²) in [5.41, 5.74) is 0.334. The molecule has 0 aliphatic heterocycles. The molecule has 2 heterocycles. The SMILES string of the molecule is CC(C)n1ccn(Cc2cccnc2C(=O)O)c1=O. The van der Waals surface area contributed by atoms with Crippen molar-refractivity contribution < 1.29 is 9.90 Å². The van der Waals surface area contributed by atoms with Gasteiger partial charge in [-0.15, -0.1) is 0 Å². The molecule has 0 atom stereocenters. The molecule has 0 radical (unpaired) electrons. The van der Waals surface area contributed by atoms with Crippen molar-refractivity contribution in [3.8, 4) is 0 Å². The first kappa shape index (κ1) is 13.1. The molecular formula is C13H15N3O3. The van der Waals surface area contributed by atoms with Crippen LogP contribution in [0.5, 0.6) is 0 Å². The van der Waals surface area contributed by atoms with Crippen LogP contribution in [0.15, 0.2) is 35.5 Å². The van der Waals surface area contributed by atoms with Gasteiger partial charge < -0.3 is 5.11 Å². The molecule has 2 aromatic rings.